The molecule has 33 heavy (non-hydrogen) atoms. The van der Waals surface area contributed by atoms with Gasteiger partial charge in [-0.25, -0.2) is 0 Å². The van der Waals surface area contributed by atoms with E-state index in [0.717, 1.165) is 36.1 Å². The van der Waals surface area contributed by atoms with E-state index in [0.29, 0.717) is 27.1 Å². The van der Waals surface area contributed by atoms with Crippen LogP contribution in [0.3, 0.4) is 0 Å². The predicted octanol–water partition coefficient (Wildman–Crippen LogP) is 6.09. The fourth-order valence-corrected chi connectivity index (χ4v) is 5.42. The van der Waals surface area contributed by atoms with Gasteiger partial charge in [0.05, 0.1) is 26.5 Å². The third-order valence-corrected chi connectivity index (χ3v) is 7.49. The molecule has 0 atom stereocenters. The van der Waals surface area contributed by atoms with Crippen LogP contribution in [0.15, 0.2) is 51.8 Å². The summed E-state index contributed by atoms with van der Waals surface area (Å²) >= 11 is 14.3. The number of rotatable bonds is 10. The number of nitrogens with zero attached hydrogens (tertiary/aromatic N) is 3. The number of carbonyl (C=O) groups is 1. The van der Waals surface area contributed by atoms with Crippen LogP contribution in [0, 0.1) is 10.1 Å². The molecule has 0 spiro atoms. The van der Waals surface area contributed by atoms with Gasteiger partial charge in [-0.05, 0) is 44.8 Å². The fraction of sp³-hybridized carbons (Fsp3) is 0.238. The van der Waals surface area contributed by atoms with E-state index in [9.17, 15) is 14.9 Å². The van der Waals surface area contributed by atoms with Crippen LogP contribution in [0.5, 0.6) is 5.75 Å². The highest BCUT2D eigenvalue weighted by atomic mass is 35.5. The summed E-state index contributed by atoms with van der Waals surface area (Å²) in [5.74, 6) is 0.241. The molecule has 174 valence electrons. The van der Waals surface area contributed by atoms with Crippen LogP contribution in [0.1, 0.15) is 16.1 Å². The largest absolute Gasteiger partial charge is 0.494 e. The Kier molecular flexibility index (Phi) is 8.93. The predicted molar refractivity (Wildman–Crippen MR) is 132 cm³/mol. The standard InChI is InChI=1S/C21H20Cl2N4O4S2/c1-26(2)8-3-9-31-14-6-4-13(5-7-14)25-20(28)18-10-17(27(29)30)21(32-18)33-19-15(22)11-24-12-16(19)23/h4-7,10-12H,3,8-9H2,1-2H3,(H,25,28). The first kappa shape index (κ1) is 25.3. The number of nitro groups is 1. The van der Waals surface area contributed by atoms with Crippen molar-refractivity contribution >= 4 is 63.6 Å². The summed E-state index contributed by atoms with van der Waals surface area (Å²) in [6.07, 6.45) is 3.70. The van der Waals surface area contributed by atoms with Crippen molar-refractivity contribution in [2.45, 2.75) is 15.5 Å². The minimum absolute atomic E-state index is 0.189. The number of amides is 1. The zero-order valence-corrected chi connectivity index (χ0v) is 20.9. The lowest BCUT2D eigenvalue weighted by molar-refractivity contribution is -0.387. The van der Waals surface area contributed by atoms with Gasteiger partial charge in [0.2, 0.25) is 0 Å². The lowest BCUT2D eigenvalue weighted by atomic mass is 10.3. The number of hydrogen-bond donors (Lipinski definition) is 1. The van der Waals surface area contributed by atoms with Crippen molar-refractivity contribution < 1.29 is 14.5 Å². The molecule has 1 amide bonds. The molecule has 0 saturated carbocycles. The molecule has 0 bridgehead atoms. The molecule has 0 radical (unpaired) electrons. The smallest absolute Gasteiger partial charge is 0.294 e. The van der Waals surface area contributed by atoms with Crippen molar-refractivity contribution in [1.29, 1.82) is 0 Å². The summed E-state index contributed by atoms with van der Waals surface area (Å²) in [5.41, 5.74) is 0.353. The number of hydrogen-bond acceptors (Lipinski definition) is 8. The molecule has 2 heterocycles. The molecule has 1 aromatic carbocycles. The monoisotopic (exact) mass is 526 g/mol. The van der Waals surface area contributed by atoms with Crippen molar-refractivity contribution in [3.05, 3.63) is 67.8 Å². The molecule has 0 aliphatic heterocycles. The minimum Gasteiger partial charge on any atom is -0.494 e. The summed E-state index contributed by atoms with van der Waals surface area (Å²) < 4.78 is 5.97. The second-order valence-corrected chi connectivity index (χ2v) is 10.2. The Morgan fingerprint density at radius 1 is 1.24 bits per heavy atom. The molecule has 8 nitrogen and oxygen atoms in total. The number of anilines is 1. The maximum absolute atomic E-state index is 12.7. The molecule has 3 aromatic rings. The fourth-order valence-electron chi connectivity index (χ4n) is 2.66. The van der Waals surface area contributed by atoms with E-state index < -0.39 is 10.8 Å². The maximum atomic E-state index is 12.7. The van der Waals surface area contributed by atoms with Gasteiger partial charge in [0.15, 0.2) is 0 Å². The highest BCUT2D eigenvalue weighted by Gasteiger charge is 2.25. The number of halogens is 2. The topological polar surface area (TPSA) is 97.6 Å². The number of thiophene rings is 1. The first-order chi connectivity index (χ1) is 15.7. The van der Waals surface area contributed by atoms with Gasteiger partial charge in [-0.15, -0.1) is 11.3 Å². The van der Waals surface area contributed by atoms with Gasteiger partial charge in [-0.2, -0.15) is 0 Å². The third kappa shape index (κ3) is 7.05. The normalized spacial score (nSPS) is 10.9. The van der Waals surface area contributed by atoms with Gasteiger partial charge >= 0.3 is 0 Å². The molecular formula is C21H20Cl2N4O4S2. The second-order valence-electron chi connectivity index (χ2n) is 7.06. The summed E-state index contributed by atoms with van der Waals surface area (Å²) in [5, 5.41) is 14.8. The maximum Gasteiger partial charge on any atom is 0.294 e. The lowest BCUT2D eigenvalue weighted by Gasteiger charge is -2.11. The van der Waals surface area contributed by atoms with Gasteiger partial charge in [-0.1, -0.05) is 35.0 Å². The van der Waals surface area contributed by atoms with Gasteiger partial charge in [-0.3, -0.25) is 19.9 Å². The van der Waals surface area contributed by atoms with E-state index in [1.54, 1.807) is 24.3 Å². The molecule has 12 heteroatoms. The van der Waals surface area contributed by atoms with Gasteiger partial charge in [0.1, 0.15) is 14.8 Å². The Morgan fingerprint density at radius 2 is 1.91 bits per heavy atom. The van der Waals surface area contributed by atoms with Crippen molar-refractivity contribution in [3.8, 4) is 5.75 Å². The molecular weight excluding hydrogens is 507 g/mol. The molecule has 0 aliphatic carbocycles. The van der Waals surface area contributed by atoms with E-state index in [4.69, 9.17) is 27.9 Å². The molecule has 0 fully saturated rings. The SMILES string of the molecule is CN(C)CCCOc1ccc(NC(=O)c2cc([N+](=O)[O-])c(Sc3c(Cl)cncc3Cl)s2)cc1. The van der Waals surface area contributed by atoms with Crippen molar-refractivity contribution in [2.75, 3.05) is 32.6 Å². The van der Waals surface area contributed by atoms with Crippen LogP contribution < -0.4 is 10.1 Å². The van der Waals surface area contributed by atoms with Crippen molar-refractivity contribution in [2.24, 2.45) is 0 Å². The van der Waals surface area contributed by atoms with Crippen molar-refractivity contribution in [1.82, 2.24) is 9.88 Å². The first-order valence-electron chi connectivity index (χ1n) is 9.68. The number of pyridine rings is 1. The number of aromatic nitrogens is 1. The summed E-state index contributed by atoms with van der Waals surface area (Å²) in [6.45, 7) is 1.52. The van der Waals surface area contributed by atoms with Gasteiger partial charge in [0.25, 0.3) is 11.6 Å². The van der Waals surface area contributed by atoms with Gasteiger partial charge in [0, 0.05) is 30.7 Å². The van der Waals surface area contributed by atoms with Crippen LogP contribution in [0.4, 0.5) is 11.4 Å². The Bertz CT molecular complexity index is 1120. The highest BCUT2D eigenvalue weighted by molar-refractivity contribution is 8.01. The highest BCUT2D eigenvalue weighted by Crippen LogP contribution is 2.45. The summed E-state index contributed by atoms with van der Waals surface area (Å²) in [7, 11) is 4.01. The Morgan fingerprint density at radius 3 is 2.52 bits per heavy atom. The zero-order valence-electron chi connectivity index (χ0n) is 17.7. The van der Waals surface area contributed by atoms with Crippen molar-refractivity contribution in [3.63, 3.8) is 0 Å². The number of ether oxygens (including phenoxy) is 1. The molecule has 1 N–H and O–H groups in total. The van der Waals surface area contributed by atoms with E-state index in [1.807, 2.05) is 14.1 Å². The Balaban J connectivity index is 1.69. The van der Waals surface area contributed by atoms with Gasteiger partial charge < -0.3 is 15.0 Å². The van der Waals surface area contributed by atoms with Crippen LogP contribution in [-0.4, -0.2) is 48.0 Å². The van der Waals surface area contributed by atoms with Crippen LogP contribution in [0.2, 0.25) is 10.0 Å². The number of carbonyl (C=O) groups excluding carboxylic acids is 1. The van der Waals surface area contributed by atoms with E-state index in [1.165, 1.54) is 18.5 Å². The van der Waals surface area contributed by atoms with Crippen LogP contribution in [-0.2, 0) is 0 Å². The summed E-state index contributed by atoms with van der Waals surface area (Å²) in [6, 6.07) is 8.20. The summed E-state index contributed by atoms with van der Waals surface area (Å²) in [4.78, 5) is 30.3. The molecule has 0 saturated heterocycles. The van der Waals surface area contributed by atoms with E-state index in [-0.39, 0.29) is 20.6 Å². The Hall–Kier alpha value is -2.37. The second kappa shape index (κ2) is 11.7. The molecule has 2 aromatic heterocycles. The molecule has 3 rings (SSSR count). The Labute approximate surface area is 209 Å². The first-order valence-corrected chi connectivity index (χ1v) is 12.1. The number of benzene rings is 1. The average Bonchev–Trinajstić information content (AvgIpc) is 3.19. The third-order valence-electron chi connectivity index (χ3n) is 4.24. The molecule has 0 aliphatic rings. The zero-order chi connectivity index (χ0) is 24.0. The minimum atomic E-state index is -0.541. The molecule has 0 unspecified atom stereocenters. The van der Waals surface area contributed by atoms with Crippen LogP contribution >= 0.6 is 46.3 Å². The lowest BCUT2D eigenvalue weighted by Crippen LogP contribution is -2.15. The van der Waals surface area contributed by atoms with E-state index in [2.05, 4.69) is 15.2 Å². The van der Waals surface area contributed by atoms with Crippen LogP contribution in [0.25, 0.3) is 0 Å². The number of nitrogens with one attached hydrogen (secondary N) is 1. The average molecular weight is 527 g/mol. The van der Waals surface area contributed by atoms with E-state index >= 15 is 0 Å². The quantitative estimate of drug-likeness (QED) is 0.194.